The van der Waals surface area contributed by atoms with E-state index in [1.165, 1.54) is 0 Å². The number of benzene rings is 2. The van der Waals surface area contributed by atoms with Crippen LogP contribution in [-0.4, -0.2) is 33.7 Å². The number of quaternary nitrogens is 1. The van der Waals surface area contributed by atoms with Crippen molar-refractivity contribution in [2.24, 2.45) is 0 Å². The van der Waals surface area contributed by atoms with E-state index in [9.17, 15) is 4.79 Å². The van der Waals surface area contributed by atoms with Gasteiger partial charge in [-0.2, -0.15) is 0 Å². The maximum Gasteiger partial charge on any atom is 0.275 e. The highest BCUT2D eigenvalue weighted by Gasteiger charge is 2.14. The molecule has 0 saturated heterocycles. The number of rotatable bonds is 8. The molecule has 6 heteroatoms. The fourth-order valence-electron chi connectivity index (χ4n) is 2.53. The fourth-order valence-corrected chi connectivity index (χ4v) is 2.65. The highest BCUT2D eigenvalue weighted by atomic mass is 35.5. The monoisotopic (exact) mass is 363 g/mol. The van der Waals surface area contributed by atoms with Crippen molar-refractivity contribution in [2.75, 3.05) is 27.8 Å². The van der Waals surface area contributed by atoms with Crippen molar-refractivity contribution >= 4 is 17.5 Å². The Bertz CT molecular complexity index is 704. The van der Waals surface area contributed by atoms with Crippen molar-refractivity contribution in [3.05, 3.63) is 58.6 Å². The van der Waals surface area contributed by atoms with Crippen LogP contribution in [-0.2, 0) is 17.9 Å². The van der Waals surface area contributed by atoms with Crippen LogP contribution >= 0.6 is 11.6 Å². The topological polar surface area (TPSA) is 52.0 Å². The molecule has 2 N–H and O–H groups in total. The minimum absolute atomic E-state index is 0.0000662. The smallest absolute Gasteiger partial charge is 0.275 e. The van der Waals surface area contributed by atoms with E-state index in [-0.39, 0.29) is 5.91 Å². The normalized spacial score (nSPS) is 11.7. The average molecular weight is 364 g/mol. The van der Waals surface area contributed by atoms with Crippen molar-refractivity contribution in [3.8, 4) is 11.5 Å². The van der Waals surface area contributed by atoms with E-state index in [0.29, 0.717) is 24.7 Å². The fraction of sp³-hybridized carbons (Fsp3) is 0.316. The Balaban J connectivity index is 1.85. The first-order valence-electron chi connectivity index (χ1n) is 8.05. The average Bonchev–Trinajstić information content (AvgIpc) is 2.61. The van der Waals surface area contributed by atoms with Gasteiger partial charge in [0.25, 0.3) is 5.91 Å². The van der Waals surface area contributed by atoms with Gasteiger partial charge in [-0.15, -0.1) is 0 Å². The Kier molecular flexibility index (Phi) is 7.10. The zero-order valence-corrected chi connectivity index (χ0v) is 15.5. The van der Waals surface area contributed by atoms with Crippen LogP contribution in [0.5, 0.6) is 11.5 Å². The maximum atomic E-state index is 12.1. The molecule has 0 aromatic heterocycles. The van der Waals surface area contributed by atoms with Crippen LogP contribution in [0.4, 0.5) is 0 Å². The van der Waals surface area contributed by atoms with Gasteiger partial charge in [0.05, 0.1) is 21.3 Å². The lowest BCUT2D eigenvalue weighted by atomic mass is 10.1. The second-order valence-corrected chi connectivity index (χ2v) is 6.33. The lowest BCUT2D eigenvalue weighted by Crippen LogP contribution is -3.08. The minimum Gasteiger partial charge on any atom is -0.497 e. The van der Waals surface area contributed by atoms with Gasteiger partial charge < -0.3 is 19.7 Å². The molecule has 1 unspecified atom stereocenters. The van der Waals surface area contributed by atoms with Crippen molar-refractivity contribution in [1.82, 2.24) is 5.32 Å². The van der Waals surface area contributed by atoms with Crippen LogP contribution in [0.25, 0.3) is 0 Å². The number of halogens is 1. The van der Waals surface area contributed by atoms with Gasteiger partial charge in [-0.05, 0) is 29.8 Å². The molecule has 5 nitrogen and oxygen atoms in total. The summed E-state index contributed by atoms with van der Waals surface area (Å²) in [5.41, 5.74) is 2.05. The van der Waals surface area contributed by atoms with E-state index in [1.54, 1.807) is 14.2 Å². The molecule has 0 aliphatic heterocycles. The molecular formula is C19H24ClN2O3+. The van der Waals surface area contributed by atoms with Crippen molar-refractivity contribution in [2.45, 2.75) is 13.1 Å². The Labute approximate surface area is 153 Å². The van der Waals surface area contributed by atoms with Gasteiger partial charge in [0.2, 0.25) is 0 Å². The molecule has 2 aromatic carbocycles. The molecular weight excluding hydrogens is 340 g/mol. The Morgan fingerprint density at radius 2 is 1.84 bits per heavy atom. The van der Waals surface area contributed by atoms with Gasteiger partial charge in [-0.1, -0.05) is 23.7 Å². The highest BCUT2D eigenvalue weighted by Crippen LogP contribution is 2.23. The third-order valence-electron chi connectivity index (χ3n) is 3.85. The van der Waals surface area contributed by atoms with Crippen molar-refractivity contribution in [3.63, 3.8) is 0 Å². The summed E-state index contributed by atoms with van der Waals surface area (Å²) in [6.45, 7) is 1.56. The largest absolute Gasteiger partial charge is 0.497 e. The lowest BCUT2D eigenvalue weighted by molar-refractivity contribution is -0.885. The van der Waals surface area contributed by atoms with Gasteiger partial charge in [-0.25, -0.2) is 0 Å². The number of nitrogens with one attached hydrogen (secondary N) is 2. The first-order chi connectivity index (χ1) is 12.0. The summed E-state index contributed by atoms with van der Waals surface area (Å²) < 4.78 is 10.6. The first kappa shape index (κ1) is 19.1. The van der Waals surface area contributed by atoms with E-state index in [0.717, 1.165) is 27.5 Å². The molecule has 0 saturated carbocycles. The van der Waals surface area contributed by atoms with Crippen LogP contribution < -0.4 is 19.7 Å². The molecule has 0 fully saturated rings. The first-order valence-corrected chi connectivity index (χ1v) is 8.43. The summed E-state index contributed by atoms with van der Waals surface area (Å²) >= 11 is 5.86. The van der Waals surface area contributed by atoms with Crippen molar-refractivity contribution in [1.29, 1.82) is 0 Å². The van der Waals surface area contributed by atoms with Gasteiger partial charge >= 0.3 is 0 Å². The second kappa shape index (κ2) is 9.30. The van der Waals surface area contributed by atoms with Gasteiger partial charge in [0.15, 0.2) is 6.54 Å². The van der Waals surface area contributed by atoms with E-state index < -0.39 is 0 Å². The summed E-state index contributed by atoms with van der Waals surface area (Å²) in [7, 11) is 5.23. The number of hydrogen-bond donors (Lipinski definition) is 2. The quantitative estimate of drug-likeness (QED) is 0.750. The molecule has 1 amide bonds. The minimum atomic E-state index is -0.0000662. The summed E-state index contributed by atoms with van der Waals surface area (Å²) in [4.78, 5) is 13.2. The molecule has 0 aliphatic carbocycles. The van der Waals surface area contributed by atoms with E-state index in [1.807, 2.05) is 49.5 Å². The molecule has 2 rings (SSSR count). The van der Waals surface area contributed by atoms with Crippen LogP contribution in [0.3, 0.4) is 0 Å². The predicted molar refractivity (Wildman–Crippen MR) is 98.3 cm³/mol. The number of carbonyl (C=O) groups excluding carboxylic acids is 1. The van der Waals surface area contributed by atoms with Gasteiger partial charge in [0.1, 0.15) is 18.0 Å². The van der Waals surface area contributed by atoms with Crippen LogP contribution in [0.1, 0.15) is 11.1 Å². The third kappa shape index (κ3) is 5.96. The predicted octanol–water partition coefficient (Wildman–Crippen LogP) is 1.69. The van der Waals surface area contributed by atoms with E-state index >= 15 is 0 Å². The zero-order valence-electron chi connectivity index (χ0n) is 14.8. The number of carbonyl (C=O) groups is 1. The molecule has 0 bridgehead atoms. The number of hydrogen-bond acceptors (Lipinski definition) is 3. The van der Waals surface area contributed by atoms with E-state index in [4.69, 9.17) is 21.1 Å². The van der Waals surface area contributed by atoms with Gasteiger partial charge in [-0.3, -0.25) is 4.79 Å². The molecule has 2 aromatic rings. The molecule has 134 valence electrons. The zero-order chi connectivity index (χ0) is 18.2. The van der Waals surface area contributed by atoms with Crippen LogP contribution in [0, 0.1) is 0 Å². The SMILES string of the molecule is COc1ccc(C[NH+](C)CC(=O)NCc2ccc(Cl)cc2)c(OC)c1. The second-order valence-electron chi connectivity index (χ2n) is 5.89. The Morgan fingerprint density at radius 1 is 1.12 bits per heavy atom. The number of ether oxygens (including phenoxy) is 2. The number of methoxy groups -OCH3 is 2. The molecule has 25 heavy (non-hydrogen) atoms. The molecule has 0 radical (unpaired) electrons. The summed E-state index contributed by atoms with van der Waals surface area (Å²) in [5.74, 6) is 1.51. The Morgan fingerprint density at radius 3 is 2.48 bits per heavy atom. The summed E-state index contributed by atoms with van der Waals surface area (Å²) in [6, 6.07) is 13.2. The molecule has 0 aliphatic rings. The standard InChI is InChI=1S/C19H23ClN2O3/c1-22(12-15-6-9-17(24-2)10-18(15)25-3)13-19(23)21-11-14-4-7-16(20)8-5-14/h4-10H,11-13H2,1-3H3,(H,21,23)/p+1. The van der Waals surface area contributed by atoms with Crippen molar-refractivity contribution < 1.29 is 19.2 Å². The number of likely N-dealkylation sites (N-methyl/N-ethyl adjacent to an activating group) is 1. The third-order valence-corrected chi connectivity index (χ3v) is 4.10. The van der Waals surface area contributed by atoms with E-state index in [2.05, 4.69) is 5.32 Å². The number of amides is 1. The Hall–Kier alpha value is -2.24. The van der Waals surface area contributed by atoms with Crippen LogP contribution in [0.15, 0.2) is 42.5 Å². The molecule has 1 atom stereocenters. The van der Waals surface area contributed by atoms with Gasteiger partial charge in [0, 0.05) is 23.2 Å². The summed E-state index contributed by atoms with van der Waals surface area (Å²) in [5, 5.41) is 3.62. The molecule has 0 heterocycles. The maximum absolute atomic E-state index is 12.1. The highest BCUT2D eigenvalue weighted by molar-refractivity contribution is 6.30. The molecule has 0 spiro atoms. The summed E-state index contributed by atoms with van der Waals surface area (Å²) in [6.07, 6.45) is 0. The lowest BCUT2D eigenvalue weighted by Gasteiger charge is -2.16. The van der Waals surface area contributed by atoms with Crippen LogP contribution in [0.2, 0.25) is 5.02 Å².